The van der Waals surface area contributed by atoms with Gasteiger partial charge in [0.15, 0.2) is 5.82 Å². The molecule has 1 aliphatic carbocycles. The number of allylic oxidation sites excluding steroid dienone is 6. The minimum absolute atomic E-state index is 0.193. The second-order valence-electron chi connectivity index (χ2n) is 10.6. The summed E-state index contributed by atoms with van der Waals surface area (Å²) >= 11 is 6.00. The van der Waals surface area contributed by atoms with Gasteiger partial charge in [0.25, 0.3) is 5.56 Å². The molecular formula is C30H40ClN3O. The van der Waals surface area contributed by atoms with E-state index in [0.29, 0.717) is 16.3 Å². The van der Waals surface area contributed by atoms with Crippen LogP contribution in [0.5, 0.6) is 0 Å². The van der Waals surface area contributed by atoms with Gasteiger partial charge in [0, 0.05) is 23.4 Å². The average Bonchev–Trinajstić information content (AvgIpc) is 2.78. The van der Waals surface area contributed by atoms with E-state index in [1.807, 2.05) is 0 Å². The van der Waals surface area contributed by atoms with E-state index in [2.05, 4.69) is 56.9 Å². The zero-order chi connectivity index (χ0) is 25.4. The van der Waals surface area contributed by atoms with Crippen molar-refractivity contribution < 1.29 is 0 Å². The molecule has 0 amide bonds. The van der Waals surface area contributed by atoms with Gasteiger partial charge in [-0.25, -0.2) is 4.98 Å². The van der Waals surface area contributed by atoms with Gasteiger partial charge in [-0.1, -0.05) is 59.9 Å². The Kier molecular flexibility index (Phi) is 9.68. The van der Waals surface area contributed by atoms with Crippen LogP contribution in [0.4, 0.5) is 0 Å². The van der Waals surface area contributed by atoms with Crippen LogP contribution in [0.2, 0.25) is 5.02 Å². The topological polar surface area (TPSA) is 47.8 Å². The Morgan fingerprint density at radius 1 is 1.11 bits per heavy atom. The second kappa shape index (κ2) is 12.5. The molecule has 0 radical (unpaired) electrons. The standard InChI is InChI=1S/C30H40ClN3O/c1-22(9-6-10-23(2)14-15-27-24(3)12-8-17-30(27,4)5)11-7-13-25-19-29(35)34(33-21-25)28-20-26(31)16-18-32-28/h10-11,16,18-21H,6-9,12-15,17H2,1-5H3/b22-11+,23-10+. The third kappa shape index (κ3) is 8.03. The molecule has 0 unspecified atom stereocenters. The van der Waals surface area contributed by atoms with E-state index in [0.717, 1.165) is 31.2 Å². The predicted octanol–water partition coefficient (Wildman–Crippen LogP) is 8.19. The van der Waals surface area contributed by atoms with E-state index in [1.165, 1.54) is 47.9 Å². The Morgan fingerprint density at radius 2 is 1.86 bits per heavy atom. The summed E-state index contributed by atoms with van der Waals surface area (Å²) in [5.41, 5.74) is 7.32. The summed E-state index contributed by atoms with van der Waals surface area (Å²) in [4.78, 5) is 16.6. The van der Waals surface area contributed by atoms with Crippen molar-refractivity contribution in [3.8, 4) is 5.82 Å². The van der Waals surface area contributed by atoms with Crippen LogP contribution < -0.4 is 5.56 Å². The largest absolute Gasteiger partial charge is 0.273 e. The second-order valence-corrected chi connectivity index (χ2v) is 11.1. The first-order valence-corrected chi connectivity index (χ1v) is 13.2. The molecule has 0 aliphatic heterocycles. The molecule has 5 heteroatoms. The van der Waals surface area contributed by atoms with Crippen LogP contribution in [0.1, 0.15) is 91.5 Å². The predicted molar refractivity (Wildman–Crippen MR) is 147 cm³/mol. The highest BCUT2D eigenvalue weighted by Crippen LogP contribution is 2.42. The Bertz CT molecular complexity index is 1170. The molecule has 0 saturated carbocycles. The van der Waals surface area contributed by atoms with Gasteiger partial charge < -0.3 is 0 Å². The SMILES string of the molecule is CC1=C(CC/C(C)=C/CC/C(C)=C/CCc2cnn(-c3cc(Cl)ccn3)c(=O)c2)C(C)(C)CCC1. The molecule has 0 fully saturated rings. The van der Waals surface area contributed by atoms with Gasteiger partial charge in [-0.2, -0.15) is 9.78 Å². The quantitative estimate of drug-likeness (QED) is 0.313. The van der Waals surface area contributed by atoms with Crippen molar-refractivity contribution >= 4 is 11.6 Å². The lowest BCUT2D eigenvalue weighted by atomic mass is 9.71. The lowest BCUT2D eigenvalue weighted by Gasteiger charge is -2.35. The summed E-state index contributed by atoms with van der Waals surface area (Å²) in [5, 5.41) is 4.80. The number of aryl methyl sites for hydroxylation is 1. The lowest BCUT2D eigenvalue weighted by Crippen LogP contribution is -2.21. The van der Waals surface area contributed by atoms with Crippen LogP contribution in [0.15, 0.2) is 69.8 Å². The van der Waals surface area contributed by atoms with Crippen LogP contribution >= 0.6 is 11.6 Å². The Morgan fingerprint density at radius 3 is 2.57 bits per heavy atom. The summed E-state index contributed by atoms with van der Waals surface area (Å²) in [6.45, 7) is 11.6. The minimum Gasteiger partial charge on any atom is -0.267 e. The zero-order valence-electron chi connectivity index (χ0n) is 22.0. The first-order valence-electron chi connectivity index (χ1n) is 12.9. The number of hydrogen-bond donors (Lipinski definition) is 0. The molecule has 0 atom stereocenters. The molecule has 2 aromatic heterocycles. The van der Waals surface area contributed by atoms with Crippen molar-refractivity contribution in [2.24, 2.45) is 5.41 Å². The van der Waals surface area contributed by atoms with E-state index in [4.69, 9.17) is 11.6 Å². The first kappa shape index (κ1) is 27.1. The fourth-order valence-corrected chi connectivity index (χ4v) is 5.20. The monoisotopic (exact) mass is 493 g/mol. The highest BCUT2D eigenvalue weighted by Gasteiger charge is 2.27. The van der Waals surface area contributed by atoms with Crippen LogP contribution in [0, 0.1) is 5.41 Å². The lowest BCUT2D eigenvalue weighted by molar-refractivity contribution is 0.354. The summed E-state index contributed by atoms with van der Waals surface area (Å²) in [6, 6.07) is 4.94. The fraction of sp³-hybridized carbons (Fsp3) is 0.500. The van der Waals surface area contributed by atoms with Gasteiger partial charge in [-0.3, -0.25) is 4.79 Å². The maximum atomic E-state index is 12.5. The third-order valence-electron chi connectivity index (χ3n) is 7.19. The van der Waals surface area contributed by atoms with Crippen molar-refractivity contribution in [2.75, 3.05) is 0 Å². The Balaban J connectivity index is 1.45. The average molecular weight is 494 g/mol. The van der Waals surface area contributed by atoms with Crippen molar-refractivity contribution in [3.63, 3.8) is 0 Å². The minimum atomic E-state index is -0.193. The molecule has 0 spiro atoms. The molecule has 0 bridgehead atoms. The molecule has 2 aromatic rings. The van der Waals surface area contributed by atoms with Gasteiger partial charge in [-0.15, -0.1) is 0 Å². The fourth-order valence-electron chi connectivity index (χ4n) is 5.05. The molecule has 188 valence electrons. The molecule has 2 heterocycles. The van der Waals surface area contributed by atoms with Crippen LogP contribution in [-0.2, 0) is 6.42 Å². The first-order chi connectivity index (χ1) is 16.7. The highest BCUT2D eigenvalue weighted by atomic mass is 35.5. The Hall–Kier alpha value is -2.46. The molecule has 0 N–H and O–H groups in total. The normalized spacial score (nSPS) is 16.6. The number of nitrogens with zero attached hydrogens (tertiary/aromatic N) is 3. The van der Waals surface area contributed by atoms with Crippen molar-refractivity contribution in [3.05, 3.63) is 86.0 Å². The van der Waals surface area contributed by atoms with Gasteiger partial charge >= 0.3 is 0 Å². The van der Waals surface area contributed by atoms with Crippen molar-refractivity contribution in [1.29, 1.82) is 0 Å². The number of rotatable bonds is 10. The van der Waals surface area contributed by atoms with Gasteiger partial charge in [0.1, 0.15) is 0 Å². The maximum Gasteiger partial charge on any atom is 0.273 e. The molecule has 1 aliphatic rings. The molecule has 4 nitrogen and oxygen atoms in total. The van der Waals surface area contributed by atoms with Crippen LogP contribution in [0.25, 0.3) is 5.82 Å². The molecule has 3 rings (SSSR count). The Labute approximate surface area is 215 Å². The summed E-state index contributed by atoms with van der Waals surface area (Å²) in [7, 11) is 0. The van der Waals surface area contributed by atoms with Gasteiger partial charge in [0.05, 0.1) is 6.20 Å². The highest BCUT2D eigenvalue weighted by molar-refractivity contribution is 6.30. The summed E-state index contributed by atoms with van der Waals surface area (Å²) < 4.78 is 1.28. The molecular weight excluding hydrogens is 454 g/mol. The van der Waals surface area contributed by atoms with E-state index in [-0.39, 0.29) is 5.56 Å². The number of halogens is 1. The number of hydrogen-bond acceptors (Lipinski definition) is 3. The van der Waals surface area contributed by atoms with Crippen LogP contribution in [0.3, 0.4) is 0 Å². The third-order valence-corrected chi connectivity index (χ3v) is 7.43. The van der Waals surface area contributed by atoms with E-state index in [9.17, 15) is 4.79 Å². The maximum absolute atomic E-state index is 12.5. The smallest absolute Gasteiger partial charge is 0.267 e. The van der Waals surface area contributed by atoms with E-state index >= 15 is 0 Å². The van der Waals surface area contributed by atoms with E-state index < -0.39 is 0 Å². The summed E-state index contributed by atoms with van der Waals surface area (Å²) in [5.74, 6) is 0.433. The zero-order valence-corrected chi connectivity index (χ0v) is 22.8. The van der Waals surface area contributed by atoms with Crippen molar-refractivity contribution in [2.45, 2.75) is 92.4 Å². The van der Waals surface area contributed by atoms with Crippen LogP contribution in [-0.4, -0.2) is 14.8 Å². The van der Waals surface area contributed by atoms with E-state index in [1.54, 1.807) is 41.7 Å². The van der Waals surface area contributed by atoms with Gasteiger partial charge in [-0.05, 0) is 95.6 Å². The number of pyridine rings is 1. The number of aromatic nitrogens is 3. The van der Waals surface area contributed by atoms with Crippen molar-refractivity contribution in [1.82, 2.24) is 14.8 Å². The van der Waals surface area contributed by atoms with Gasteiger partial charge in [0.2, 0.25) is 0 Å². The molecule has 0 saturated heterocycles. The molecule has 0 aromatic carbocycles. The molecule has 35 heavy (non-hydrogen) atoms. The summed E-state index contributed by atoms with van der Waals surface area (Å²) in [6.07, 6.45) is 18.2.